The molecule has 0 radical (unpaired) electrons. The fourth-order valence-corrected chi connectivity index (χ4v) is 3.66. The minimum atomic E-state index is 0.0837. The standard InChI is InChI=1S/C16H22N2O3S/c1-12-2-3-14(21-12)15-18-9-13(22-15)8-17-10-16(4-6-19)5-7-20-11-16/h2-3,9,17,19H,4-8,10-11H2,1H3. The van der Waals surface area contributed by atoms with Gasteiger partial charge in [-0.15, -0.1) is 11.3 Å². The molecule has 1 atom stereocenters. The fourth-order valence-electron chi connectivity index (χ4n) is 2.82. The molecule has 1 saturated heterocycles. The SMILES string of the molecule is Cc1ccc(-c2ncc(CNCC3(CCO)CCOC3)s2)o1. The molecule has 3 rings (SSSR count). The highest BCUT2D eigenvalue weighted by Crippen LogP contribution is 2.32. The fraction of sp³-hybridized carbons (Fsp3) is 0.562. The van der Waals surface area contributed by atoms with Crippen LogP contribution in [-0.4, -0.2) is 36.5 Å². The zero-order valence-electron chi connectivity index (χ0n) is 12.8. The monoisotopic (exact) mass is 322 g/mol. The number of hydrogen-bond donors (Lipinski definition) is 2. The Morgan fingerprint density at radius 1 is 1.45 bits per heavy atom. The zero-order chi connectivity index (χ0) is 15.4. The first-order chi connectivity index (χ1) is 10.7. The van der Waals surface area contributed by atoms with E-state index in [9.17, 15) is 5.11 Å². The van der Waals surface area contributed by atoms with Crippen LogP contribution in [0.1, 0.15) is 23.5 Å². The topological polar surface area (TPSA) is 67.5 Å². The molecule has 3 heterocycles. The smallest absolute Gasteiger partial charge is 0.162 e. The van der Waals surface area contributed by atoms with Crippen molar-refractivity contribution in [3.8, 4) is 10.8 Å². The van der Waals surface area contributed by atoms with Crippen molar-refractivity contribution >= 4 is 11.3 Å². The van der Waals surface area contributed by atoms with Crippen molar-refractivity contribution in [2.75, 3.05) is 26.4 Å². The highest BCUT2D eigenvalue weighted by molar-refractivity contribution is 7.14. The third kappa shape index (κ3) is 3.57. The minimum absolute atomic E-state index is 0.0837. The van der Waals surface area contributed by atoms with E-state index in [0.717, 1.165) is 55.7 Å². The van der Waals surface area contributed by atoms with Crippen LogP contribution in [0.25, 0.3) is 10.8 Å². The van der Waals surface area contributed by atoms with Gasteiger partial charge in [0.2, 0.25) is 0 Å². The molecule has 5 nitrogen and oxygen atoms in total. The number of nitrogens with one attached hydrogen (secondary N) is 1. The molecule has 0 bridgehead atoms. The predicted molar refractivity (Wildman–Crippen MR) is 85.8 cm³/mol. The first kappa shape index (κ1) is 15.7. The summed E-state index contributed by atoms with van der Waals surface area (Å²) in [6.45, 7) is 5.33. The second-order valence-electron chi connectivity index (χ2n) is 5.92. The van der Waals surface area contributed by atoms with Crippen molar-refractivity contribution in [3.05, 3.63) is 29.0 Å². The van der Waals surface area contributed by atoms with E-state index in [4.69, 9.17) is 9.15 Å². The summed E-state index contributed by atoms with van der Waals surface area (Å²) in [5.74, 6) is 1.73. The van der Waals surface area contributed by atoms with Crippen LogP contribution in [0, 0.1) is 12.3 Å². The van der Waals surface area contributed by atoms with Gasteiger partial charge >= 0.3 is 0 Å². The Morgan fingerprint density at radius 3 is 3.05 bits per heavy atom. The number of nitrogens with zero attached hydrogens (tertiary/aromatic N) is 1. The Morgan fingerprint density at radius 2 is 2.36 bits per heavy atom. The van der Waals surface area contributed by atoms with E-state index < -0.39 is 0 Å². The molecule has 120 valence electrons. The molecule has 1 fully saturated rings. The van der Waals surface area contributed by atoms with E-state index in [1.54, 1.807) is 11.3 Å². The lowest BCUT2D eigenvalue weighted by atomic mass is 9.84. The van der Waals surface area contributed by atoms with Crippen LogP contribution in [0.4, 0.5) is 0 Å². The number of hydrogen-bond acceptors (Lipinski definition) is 6. The van der Waals surface area contributed by atoms with E-state index in [0.29, 0.717) is 0 Å². The lowest BCUT2D eigenvalue weighted by Crippen LogP contribution is -2.35. The molecule has 0 amide bonds. The quantitative estimate of drug-likeness (QED) is 0.820. The molecule has 6 heteroatoms. The molecule has 2 aromatic rings. The number of thiazole rings is 1. The van der Waals surface area contributed by atoms with E-state index in [1.165, 1.54) is 4.88 Å². The second kappa shape index (κ2) is 6.91. The van der Waals surface area contributed by atoms with Crippen molar-refractivity contribution in [3.63, 3.8) is 0 Å². The number of furan rings is 1. The molecular weight excluding hydrogens is 300 g/mol. The molecule has 2 aromatic heterocycles. The van der Waals surface area contributed by atoms with Gasteiger partial charge in [0.05, 0.1) is 6.61 Å². The van der Waals surface area contributed by atoms with Crippen LogP contribution in [0.5, 0.6) is 0 Å². The molecule has 1 aliphatic rings. The van der Waals surface area contributed by atoms with Crippen molar-refractivity contribution in [2.24, 2.45) is 5.41 Å². The number of aliphatic hydroxyl groups is 1. The third-order valence-corrected chi connectivity index (χ3v) is 5.14. The van der Waals surface area contributed by atoms with Crippen molar-refractivity contribution in [2.45, 2.75) is 26.3 Å². The second-order valence-corrected chi connectivity index (χ2v) is 7.04. The summed E-state index contributed by atoms with van der Waals surface area (Å²) in [6.07, 6.45) is 3.70. The summed E-state index contributed by atoms with van der Waals surface area (Å²) in [6, 6.07) is 3.91. The normalized spacial score (nSPS) is 21.5. The molecule has 0 saturated carbocycles. The molecule has 0 aliphatic carbocycles. The lowest BCUT2D eigenvalue weighted by Gasteiger charge is -2.26. The number of aliphatic hydroxyl groups excluding tert-OH is 1. The molecular formula is C16H22N2O3S. The van der Waals surface area contributed by atoms with Gasteiger partial charge < -0.3 is 19.6 Å². The summed E-state index contributed by atoms with van der Waals surface area (Å²) in [5, 5.41) is 13.6. The van der Waals surface area contributed by atoms with Gasteiger partial charge in [0.25, 0.3) is 0 Å². The van der Waals surface area contributed by atoms with E-state index in [2.05, 4.69) is 10.3 Å². The molecule has 1 aliphatic heterocycles. The maximum Gasteiger partial charge on any atom is 0.162 e. The summed E-state index contributed by atoms with van der Waals surface area (Å²) < 4.78 is 11.1. The lowest BCUT2D eigenvalue weighted by molar-refractivity contribution is 0.124. The average Bonchev–Trinajstić information content (AvgIpc) is 3.21. The van der Waals surface area contributed by atoms with Gasteiger partial charge in [0.15, 0.2) is 10.8 Å². The zero-order valence-corrected chi connectivity index (χ0v) is 13.6. The van der Waals surface area contributed by atoms with E-state index in [1.807, 2.05) is 25.3 Å². The summed E-state index contributed by atoms with van der Waals surface area (Å²) in [4.78, 5) is 5.61. The van der Waals surface area contributed by atoms with Gasteiger partial charge in [-0.3, -0.25) is 0 Å². The number of rotatable bonds is 7. The van der Waals surface area contributed by atoms with Gasteiger partial charge in [-0.1, -0.05) is 0 Å². The summed E-state index contributed by atoms with van der Waals surface area (Å²) >= 11 is 1.65. The van der Waals surface area contributed by atoms with E-state index in [-0.39, 0.29) is 12.0 Å². The Hall–Kier alpha value is -1.21. The van der Waals surface area contributed by atoms with Crippen LogP contribution in [0.15, 0.2) is 22.7 Å². The Balaban J connectivity index is 1.55. The Kier molecular flexibility index (Phi) is 4.93. The third-order valence-electron chi connectivity index (χ3n) is 4.13. The van der Waals surface area contributed by atoms with E-state index >= 15 is 0 Å². The minimum Gasteiger partial charge on any atom is -0.459 e. The number of aryl methyl sites for hydroxylation is 1. The maximum absolute atomic E-state index is 9.24. The average molecular weight is 322 g/mol. The number of ether oxygens (including phenoxy) is 1. The van der Waals surface area contributed by atoms with Gasteiger partial charge in [-0.05, 0) is 31.9 Å². The summed E-state index contributed by atoms with van der Waals surface area (Å²) in [5.41, 5.74) is 0.0837. The van der Waals surface area contributed by atoms with Crippen LogP contribution < -0.4 is 5.32 Å². The molecule has 2 N–H and O–H groups in total. The van der Waals surface area contributed by atoms with Crippen LogP contribution in [-0.2, 0) is 11.3 Å². The largest absolute Gasteiger partial charge is 0.459 e. The van der Waals surface area contributed by atoms with Crippen molar-refractivity contribution in [1.82, 2.24) is 10.3 Å². The van der Waals surface area contributed by atoms with Gasteiger partial charge in [-0.2, -0.15) is 0 Å². The molecule has 22 heavy (non-hydrogen) atoms. The van der Waals surface area contributed by atoms with Crippen LogP contribution in [0.2, 0.25) is 0 Å². The Labute approximate surface area is 134 Å². The first-order valence-electron chi connectivity index (χ1n) is 7.62. The van der Waals surface area contributed by atoms with Gasteiger partial charge in [0.1, 0.15) is 5.76 Å². The van der Waals surface area contributed by atoms with Crippen molar-refractivity contribution < 1.29 is 14.3 Å². The number of aromatic nitrogens is 1. The predicted octanol–water partition coefficient (Wildman–Crippen LogP) is 2.59. The molecule has 1 unspecified atom stereocenters. The highest BCUT2D eigenvalue weighted by atomic mass is 32.1. The van der Waals surface area contributed by atoms with Crippen LogP contribution >= 0.6 is 11.3 Å². The maximum atomic E-state index is 9.24. The van der Waals surface area contributed by atoms with Crippen molar-refractivity contribution in [1.29, 1.82) is 0 Å². The van der Waals surface area contributed by atoms with Crippen LogP contribution in [0.3, 0.4) is 0 Å². The molecule has 0 aromatic carbocycles. The Bertz CT molecular complexity index is 602. The highest BCUT2D eigenvalue weighted by Gasteiger charge is 2.33. The summed E-state index contributed by atoms with van der Waals surface area (Å²) in [7, 11) is 0. The van der Waals surface area contributed by atoms with Gasteiger partial charge in [-0.25, -0.2) is 4.98 Å². The molecule has 0 spiro atoms. The first-order valence-corrected chi connectivity index (χ1v) is 8.43. The van der Waals surface area contributed by atoms with Gasteiger partial charge in [0, 0.05) is 42.8 Å².